The van der Waals surface area contributed by atoms with Crippen molar-refractivity contribution in [3.63, 3.8) is 0 Å². The highest BCUT2D eigenvalue weighted by Crippen LogP contribution is 2.13. The minimum absolute atomic E-state index is 0.0161. The summed E-state index contributed by atoms with van der Waals surface area (Å²) in [6.45, 7) is 22.9. The number of carboxylic acids is 1. The van der Waals surface area contributed by atoms with E-state index in [1.807, 2.05) is 62.7 Å². The topological polar surface area (TPSA) is 161 Å². The van der Waals surface area contributed by atoms with Gasteiger partial charge >= 0.3 is 24.3 Å². The number of ether oxygens (including phenoxy) is 2. The molecule has 0 saturated heterocycles. The number of rotatable bonds is 12. The summed E-state index contributed by atoms with van der Waals surface area (Å²) >= 11 is 0. The van der Waals surface area contributed by atoms with Gasteiger partial charge in [-0.3, -0.25) is 9.59 Å². The predicted octanol–water partition coefficient (Wildman–Crippen LogP) is 5.31. The van der Waals surface area contributed by atoms with Crippen molar-refractivity contribution >= 4 is 30.0 Å². The van der Waals surface area contributed by atoms with Crippen LogP contribution >= 0.6 is 0 Å². The second-order valence-electron chi connectivity index (χ2n) is 13.4. The van der Waals surface area contributed by atoms with Crippen molar-refractivity contribution in [1.29, 1.82) is 0 Å². The third-order valence-corrected chi connectivity index (χ3v) is 5.82. The van der Waals surface area contributed by atoms with E-state index in [9.17, 15) is 32.3 Å². The Hall–Kier alpha value is -3.34. The number of halogens is 3. The van der Waals surface area contributed by atoms with E-state index >= 15 is 0 Å². The highest BCUT2D eigenvalue weighted by Gasteiger charge is 2.38. The molecule has 17 heteroatoms. The molecule has 0 aromatic heterocycles. The number of nitrogens with zero attached hydrogens (tertiary/aromatic N) is 4. The van der Waals surface area contributed by atoms with Gasteiger partial charge in [0, 0.05) is 74.8 Å². The van der Waals surface area contributed by atoms with Crippen LogP contribution in [0.1, 0.15) is 94.9 Å². The maximum Gasteiger partial charge on any atom is 0.490 e. The van der Waals surface area contributed by atoms with Gasteiger partial charge in [-0.15, -0.1) is 0 Å². The molecule has 0 aliphatic carbocycles. The molecule has 0 saturated carbocycles. The normalized spacial score (nSPS) is 10.5. The van der Waals surface area contributed by atoms with E-state index in [4.69, 9.17) is 19.4 Å². The Bertz CT molecular complexity index is 939. The van der Waals surface area contributed by atoms with Crippen molar-refractivity contribution in [3.8, 4) is 0 Å². The first kappa shape index (κ1) is 57.0. The Labute approximate surface area is 305 Å². The largest absolute Gasteiger partial charge is 0.490 e. The van der Waals surface area contributed by atoms with E-state index in [1.165, 1.54) is 24.7 Å². The SMILES string of the molecule is CC(=O)N(C)CCN(C)C(=O)OC(C)(C)C.CCCCN(C)C(C)=O.CCCCNC.CNCCN(C)C(=O)OC(C)(C)C.O=C(O)C(F)(F)F. The van der Waals surface area contributed by atoms with Crippen LogP contribution in [-0.4, -0.2) is 154 Å². The van der Waals surface area contributed by atoms with E-state index in [2.05, 4.69) is 24.5 Å². The van der Waals surface area contributed by atoms with Crippen LogP contribution in [0.5, 0.6) is 0 Å². The first-order valence-electron chi connectivity index (χ1n) is 16.9. The zero-order valence-corrected chi connectivity index (χ0v) is 34.3. The van der Waals surface area contributed by atoms with Gasteiger partial charge < -0.3 is 44.8 Å². The first-order chi connectivity index (χ1) is 23.0. The smallest absolute Gasteiger partial charge is 0.475 e. The van der Waals surface area contributed by atoms with Crippen LogP contribution in [0, 0.1) is 0 Å². The van der Waals surface area contributed by atoms with Gasteiger partial charge in [0.15, 0.2) is 0 Å². The summed E-state index contributed by atoms with van der Waals surface area (Å²) in [6.07, 6.45) is -0.877. The molecule has 51 heavy (non-hydrogen) atoms. The molecule has 0 rings (SSSR count). The second kappa shape index (κ2) is 31.4. The molecule has 0 radical (unpaired) electrons. The number of carbonyl (C=O) groups is 5. The van der Waals surface area contributed by atoms with Gasteiger partial charge in [0.2, 0.25) is 11.8 Å². The fourth-order valence-electron chi connectivity index (χ4n) is 2.51. The summed E-state index contributed by atoms with van der Waals surface area (Å²) in [4.78, 5) is 59.6. The Morgan fingerprint density at radius 2 is 0.902 bits per heavy atom. The molecule has 0 aliphatic heterocycles. The van der Waals surface area contributed by atoms with Crippen molar-refractivity contribution < 1.29 is 51.7 Å². The van der Waals surface area contributed by atoms with Gasteiger partial charge in [0.1, 0.15) is 11.2 Å². The van der Waals surface area contributed by atoms with Crippen LogP contribution in [0.4, 0.5) is 22.8 Å². The maximum atomic E-state index is 11.5. The summed E-state index contributed by atoms with van der Waals surface area (Å²) < 4.78 is 42.1. The molecule has 0 aromatic rings. The van der Waals surface area contributed by atoms with E-state index in [-0.39, 0.29) is 24.0 Å². The van der Waals surface area contributed by atoms with Crippen LogP contribution in [0.2, 0.25) is 0 Å². The number of likely N-dealkylation sites (N-methyl/N-ethyl adjacent to an activating group) is 4. The lowest BCUT2D eigenvalue weighted by Gasteiger charge is -2.26. The number of nitrogens with one attached hydrogen (secondary N) is 2. The zero-order valence-electron chi connectivity index (χ0n) is 34.3. The third-order valence-electron chi connectivity index (χ3n) is 5.82. The summed E-state index contributed by atoms with van der Waals surface area (Å²) in [5.74, 6) is -2.62. The van der Waals surface area contributed by atoms with E-state index in [0.29, 0.717) is 19.6 Å². The predicted molar refractivity (Wildman–Crippen MR) is 196 cm³/mol. The number of alkyl halides is 3. The molecule has 0 unspecified atom stereocenters. The maximum absolute atomic E-state index is 11.5. The number of unbranched alkanes of at least 4 members (excludes halogenated alkanes) is 2. The molecule has 4 amide bonds. The minimum Gasteiger partial charge on any atom is -0.475 e. The molecule has 0 spiro atoms. The van der Waals surface area contributed by atoms with Gasteiger partial charge in [0.25, 0.3) is 0 Å². The molecule has 0 fully saturated rings. The van der Waals surface area contributed by atoms with E-state index < -0.39 is 23.3 Å². The molecule has 0 aliphatic rings. The minimum atomic E-state index is -5.08. The Balaban J connectivity index is -0.000000181. The van der Waals surface area contributed by atoms with Gasteiger partial charge in [-0.2, -0.15) is 13.2 Å². The molecular formula is C34H71F3N6O8. The molecule has 0 aromatic carbocycles. The van der Waals surface area contributed by atoms with Crippen LogP contribution in [0.15, 0.2) is 0 Å². The highest BCUT2D eigenvalue weighted by atomic mass is 19.4. The first-order valence-corrected chi connectivity index (χ1v) is 16.9. The Morgan fingerprint density at radius 3 is 1.16 bits per heavy atom. The third kappa shape index (κ3) is 46.7. The Morgan fingerprint density at radius 1 is 0.588 bits per heavy atom. The van der Waals surface area contributed by atoms with Crippen LogP contribution < -0.4 is 10.6 Å². The standard InChI is InChI=1S/C11H22N2O3.C9H20N2O2.C7H15NO.C5H13N.C2HF3O2/c1-9(14)12(5)7-8-13(6)10(15)16-11(2,3)4;1-9(2,3)13-8(12)11(5)7-6-10-4;1-4-5-6-8(3)7(2)9;1-3-4-5-6-2;3-2(4,5)1(6)7/h7-8H2,1-6H3;10H,6-7H2,1-5H3;4-6H2,1-3H3;6H,3-5H2,1-2H3;(H,6,7). The molecule has 306 valence electrons. The van der Waals surface area contributed by atoms with E-state index in [1.54, 1.807) is 42.8 Å². The summed E-state index contributed by atoms with van der Waals surface area (Å²) in [6, 6.07) is 0. The van der Waals surface area contributed by atoms with Gasteiger partial charge in [-0.1, -0.05) is 26.7 Å². The number of carbonyl (C=O) groups excluding carboxylic acids is 4. The van der Waals surface area contributed by atoms with Crippen molar-refractivity contribution in [1.82, 2.24) is 30.2 Å². The number of hydrogen-bond acceptors (Lipinski definition) is 9. The van der Waals surface area contributed by atoms with Gasteiger partial charge in [0.05, 0.1) is 0 Å². The number of carboxylic acid groups (broad SMARTS) is 1. The molecule has 3 N–H and O–H groups in total. The molecule has 0 heterocycles. The number of hydrogen-bond donors (Lipinski definition) is 3. The lowest BCUT2D eigenvalue weighted by atomic mass is 10.2. The van der Waals surface area contributed by atoms with Crippen molar-refractivity contribution in [2.24, 2.45) is 0 Å². The fraction of sp³-hybridized carbons (Fsp3) is 0.853. The van der Waals surface area contributed by atoms with Gasteiger partial charge in [-0.05, 0) is 75.0 Å². The summed E-state index contributed by atoms with van der Waals surface area (Å²) in [7, 11) is 10.7. The van der Waals surface area contributed by atoms with Gasteiger partial charge in [-0.25, -0.2) is 14.4 Å². The summed E-state index contributed by atoms with van der Waals surface area (Å²) in [5.41, 5.74) is -0.900. The van der Waals surface area contributed by atoms with Crippen LogP contribution in [0.25, 0.3) is 0 Å². The molecule has 0 bridgehead atoms. The van der Waals surface area contributed by atoms with Crippen LogP contribution in [-0.2, 0) is 23.9 Å². The van der Waals surface area contributed by atoms with Crippen LogP contribution in [0.3, 0.4) is 0 Å². The van der Waals surface area contributed by atoms with E-state index in [0.717, 1.165) is 32.5 Å². The van der Waals surface area contributed by atoms with Crippen molar-refractivity contribution in [3.05, 3.63) is 0 Å². The second-order valence-corrected chi connectivity index (χ2v) is 13.4. The van der Waals surface area contributed by atoms with Crippen molar-refractivity contribution in [2.75, 3.05) is 81.6 Å². The number of aliphatic carboxylic acids is 1. The molecule has 0 atom stereocenters. The fourth-order valence-corrected chi connectivity index (χ4v) is 2.51. The average Bonchev–Trinajstić information content (AvgIpc) is 2.98. The summed E-state index contributed by atoms with van der Waals surface area (Å²) in [5, 5.41) is 13.2. The quantitative estimate of drug-likeness (QED) is 0.223. The highest BCUT2D eigenvalue weighted by molar-refractivity contribution is 5.73. The Kier molecular flexibility index (Phi) is 35.1. The lowest BCUT2D eigenvalue weighted by Crippen LogP contribution is -2.39. The molecule has 14 nitrogen and oxygen atoms in total. The monoisotopic (exact) mass is 749 g/mol. The van der Waals surface area contributed by atoms with Crippen molar-refractivity contribution in [2.45, 2.75) is 112 Å². The zero-order chi connectivity index (χ0) is 41.6. The number of amides is 4. The average molecular weight is 749 g/mol. The molecular weight excluding hydrogens is 677 g/mol. The lowest BCUT2D eigenvalue weighted by molar-refractivity contribution is -0.192.